The van der Waals surface area contributed by atoms with E-state index in [-0.39, 0.29) is 11.9 Å². The summed E-state index contributed by atoms with van der Waals surface area (Å²) >= 11 is 6.12. The Kier molecular flexibility index (Phi) is 6.47. The van der Waals surface area contributed by atoms with Gasteiger partial charge in [-0.15, -0.1) is 0 Å². The van der Waals surface area contributed by atoms with Crippen molar-refractivity contribution in [3.05, 3.63) is 71.3 Å². The third-order valence-corrected chi connectivity index (χ3v) is 5.82. The van der Waals surface area contributed by atoms with Gasteiger partial charge in [0.2, 0.25) is 11.9 Å². The van der Waals surface area contributed by atoms with E-state index >= 15 is 0 Å². The molecule has 3 aromatic rings. The van der Waals surface area contributed by atoms with Crippen LogP contribution in [-0.2, 0) is 11.2 Å². The highest BCUT2D eigenvalue weighted by atomic mass is 35.5. The SMILES string of the molecule is CN(C)c1ncc(-c2ccncc2)c([C@H]2CCCCN2C(=O)Cc2cccc(Cl)c2)n1. The normalized spacial score (nSPS) is 16.2. The van der Waals surface area contributed by atoms with Crippen LogP contribution in [0.25, 0.3) is 11.1 Å². The molecule has 0 N–H and O–H groups in total. The van der Waals surface area contributed by atoms with Crippen LogP contribution in [-0.4, -0.2) is 46.4 Å². The van der Waals surface area contributed by atoms with Gasteiger partial charge in [0.1, 0.15) is 0 Å². The Bertz CT molecular complexity index is 1060. The Labute approximate surface area is 187 Å². The molecule has 4 rings (SSSR count). The Hall–Kier alpha value is -2.99. The maximum Gasteiger partial charge on any atom is 0.227 e. The fourth-order valence-electron chi connectivity index (χ4n) is 4.05. The van der Waals surface area contributed by atoms with E-state index in [1.807, 2.05) is 66.5 Å². The molecular weight excluding hydrogens is 410 g/mol. The molecule has 0 unspecified atom stereocenters. The molecule has 0 aliphatic carbocycles. The Morgan fingerprint density at radius 3 is 2.74 bits per heavy atom. The van der Waals surface area contributed by atoms with E-state index in [2.05, 4.69) is 9.97 Å². The first-order valence-electron chi connectivity index (χ1n) is 10.5. The number of hydrogen-bond acceptors (Lipinski definition) is 5. The maximum absolute atomic E-state index is 13.3. The van der Waals surface area contributed by atoms with Crippen LogP contribution >= 0.6 is 11.6 Å². The van der Waals surface area contributed by atoms with Crippen molar-refractivity contribution in [1.82, 2.24) is 19.9 Å². The van der Waals surface area contributed by atoms with Gasteiger partial charge < -0.3 is 9.80 Å². The minimum atomic E-state index is -0.0923. The molecule has 2 aromatic heterocycles. The summed E-state index contributed by atoms with van der Waals surface area (Å²) in [7, 11) is 3.85. The second-order valence-electron chi connectivity index (χ2n) is 8.00. The highest BCUT2D eigenvalue weighted by Gasteiger charge is 2.31. The molecule has 0 radical (unpaired) electrons. The molecule has 0 bridgehead atoms. The Balaban J connectivity index is 1.71. The van der Waals surface area contributed by atoms with E-state index in [0.717, 1.165) is 48.2 Å². The summed E-state index contributed by atoms with van der Waals surface area (Å²) in [5.41, 5.74) is 3.76. The molecule has 0 spiro atoms. The smallest absolute Gasteiger partial charge is 0.227 e. The molecule has 1 fully saturated rings. The Morgan fingerprint density at radius 1 is 1.19 bits per heavy atom. The van der Waals surface area contributed by atoms with Gasteiger partial charge in [0.25, 0.3) is 0 Å². The lowest BCUT2D eigenvalue weighted by Crippen LogP contribution is -2.40. The van der Waals surface area contributed by atoms with E-state index in [1.54, 1.807) is 12.4 Å². The first-order valence-corrected chi connectivity index (χ1v) is 10.9. The fraction of sp³-hybridized carbons (Fsp3) is 0.333. The average molecular weight is 436 g/mol. The minimum Gasteiger partial charge on any atom is -0.347 e. The van der Waals surface area contributed by atoms with Crippen molar-refractivity contribution >= 4 is 23.5 Å². The number of carbonyl (C=O) groups excluding carboxylic acids is 1. The molecule has 1 amide bonds. The molecule has 7 heteroatoms. The number of rotatable bonds is 5. The molecule has 160 valence electrons. The van der Waals surface area contributed by atoms with Crippen LogP contribution < -0.4 is 4.90 Å². The van der Waals surface area contributed by atoms with E-state index in [4.69, 9.17) is 16.6 Å². The van der Waals surface area contributed by atoms with Crippen LogP contribution in [0, 0.1) is 0 Å². The number of likely N-dealkylation sites (tertiary alicyclic amines) is 1. The standard InChI is InChI=1S/C24H26ClN5O/c1-29(2)24-27-16-20(18-9-11-26-12-10-18)23(28-24)21-8-3-4-13-30(21)22(31)15-17-6-5-7-19(25)14-17/h5-7,9-12,14,16,21H,3-4,8,13,15H2,1-2H3/t21-/m1/s1. The molecule has 1 saturated heterocycles. The first-order chi connectivity index (χ1) is 15.0. The van der Waals surface area contributed by atoms with Crippen molar-refractivity contribution in [3.8, 4) is 11.1 Å². The summed E-state index contributed by atoms with van der Waals surface area (Å²) in [5, 5.41) is 0.645. The summed E-state index contributed by atoms with van der Waals surface area (Å²) in [6.07, 6.45) is 8.65. The van der Waals surface area contributed by atoms with Crippen LogP contribution in [0.2, 0.25) is 5.02 Å². The third kappa shape index (κ3) is 4.85. The van der Waals surface area contributed by atoms with Gasteiger partial charge in [-0.05, 0) is 54.7 Å². The fourth-order valence-corrected chi connectivity index (χ4v) is 4.26. The number of benzene rings is 1. The molecular formula is C24H26ClN5O. The third-order valence-electron chi connectivity index (χ3n) is 5.58. The lowest BCUT2D eigenvalue weighted by atomic mass is 9.93. The van der Waals surface area contributed by atoms with Gasteiger partial charge in [-0.25, -0.2) is 9.97 Å². The number of nitrogens with zero attached hydrogens (tertiary/aromatic N) is 5. The molecule has 1 aromatic carbocycles. The van der Waals surface area contributed by atoms with Crippen molar-refractivity contribution in [2.45, 2.75) is 31.7 Å². The monoisotopic (exact) mass is 435 g/mol. The van der Waals surface area contributed by atoms with Gasteiger partial charge in [-0.1, -0.05) is 23.7 Å². The lowest BCUT2D eigenvalue weighted by Gasteiger charge is -2.36. The van der Waals surface area contributed by atoms with Gasteiger partial charge in [-0.3, -0.25) is 9.78 Å². The summed E-state index contributed by atoms with van der Waals surface area (Å²) in [4.78, 5) is 30.8. The molecule has 1 aliphatic heterocycles. The molecule has 6 nitrogen and oxygen atoms in total. The van der Waals surface area contributed by atoms with Crippen molar-refractivity contribution in [1.29, 1.82) is 0 Å². The highest BCUT2D eigenvalue weighted by molar-refractivity contribution is 6.30. The van der Waals surface area contributed by atoms with Crippen molar-refractivity contribution < 1.29 is 4.79 Å². The lowest BCUT2D eigenvalue weighted by molar-refractivity contribution is -0.134. The van der Waals surface area contributed by atoms with E-state index < -0.39 is 0 Å². The number of piperidine rings is 1. The minimum absolute atomic E-state index is 0.0923. The Morgan fingerprint density at radius 2 is 2.00 bits per heavy atom. The average Bonchev–Trinajstić information content (AvgIpc) is 2.79. The number of carbonyl (C=O) groups is 1. The summed E-state index contributed by atoms with van der Waals surface area (Å²) < 4.78 is 0. The van der Waals surface area contributed by atoms with Crippen molar-refractivity contribution in [2.75, 3.05) is 25.5 Å². The highest BCUT2D eigenvalue weighted by Crippen LogP contribution is 2.36. The number of hydrogen-bond donors (Lipinski definition) is 0. The van der Waals surface area contributed by atoms with Crippen LogP contribution in [0.4, 0.5) is 5.95 Å². The van der Waals surface area contributed by atoms with E-state index in [0.29, 0.717) is 17.4 Å². The van der Waals surface area contributed by atoms with E-state index in [1.165, 1.54) is 0 Å². The largest absolute Gasteiger partial charge is 0.347 e. The molecule has 1 atom stereocenters. The zero-order chi connectivity index (χ0) is 21.8. The summed E-state index contributed by atoms with van der Waals surface area (Å²) in [6.45, 7) is 0.723. The van der Waals surface area contributed by atoms with Crippen LogP contribution in [0.3, 0.4) is 0 Å². The first kappa shape index (κ1) is 21.2. The molecule has 3 heterocycles. The molecule has 1 aliphatic rings. The van der Waals surface area contributed by atoms with Gasteiger partial charge in [0.05, 0.1) is 18.2 Å². The van der Waals surface area contributed by atoms with Crippen molar-refractivity contribution in [3.63, 3.8) is 0 Å². The summed E-state index contributed by atoms with van der Waals surface area (Å²) in [5.74, 6) is 0.735. The zero-order valence-electron chi connectivity index (χ0n) is 17.8. The second kappa shape index (κ2) is 9.43. The zero-order valence-corrected chi connectivity index (χ0v) is 18.6. The predicted molar refractivity (Wildman–Crippen MR) is 123 cm³/mol. The quantitative estimate of drug-likeness (QED) is 0.588. The van der Waals surface area contributed by atoms with Gasteiger partial charge in [-0.2, -0.15) is 0 Å². The number of pyridine rings is 1. The van der Waals surface area contributed by atoms with Gasteiger partial charge >= 0.3 is 0 Å². The topological polar surface area (TPSA) is 62.2 Å². The predicted octanol–water partition coefficient (Wildman–Crippen LogP) is 4.55. The van der Waals surface area contributed by atoms with Gasteiger partial charge in [0.15, 0.2) is 0 Å². The van der Waals surface area contributed by atoms with Crippen LogP contribution in [0.15, 0.2) is 55.0 Å². The molecule has 31 heavy (non-hydrogen) atoms. The van der Waals surface area contributed by atoms with Crippen LogP contribution in [0.1, 0.15) is 36.6 Å². The number of aromatic nitrogens is 3. The van der Waals surface area contributed by atoms with Crippen molar-refractivity contribution in [2.24, 2.45) is 0 Å². The summed E-state index contributed by atoms with van der Waals surface area (Å²) in [6, 6.07) is 11.3. The maximum atomic E-state index is 13.3. The van der Waals surface area contributed by atoms with Crippen LogP contribution in [0.5, 0.6) is 0 Å². The number of amides is 1. The number of anilines is 1. The van der Waals surface area contributed by atoms with Gasteiger partial charge in [0, 0.05) is 49.8 Å². The molecule has 0 saturated carbocycles. The van der Waals surface area contributed by atoms with E-state index in [9.17, 15) is 4.79 Å². The second-order valence-corrected chi connectivity index (χ2v) is 8.44. The number of halogens is 1.